The van der Waals surface area contributed by atoms with Gasteiger partial charge in [-0.3, -0.25) is 4.79 Å². The molecule has 1 aliphatic rings. The van der Waals surface area contributed by atoms with E-state index in [0.29, 0.717) is 28.1 Å². The largest absolute Gasteiger partial charge is 0.352 e. The number of carbonyl (C=O) groups excluding carboxylic acids is 1. The van der Waals surface area contributed by atoms with E-state index in [1.54, 1.807) is 6.92 Å². The van der Waals surface area contributed by atoms with Crippen LogP contribution in [0.4, 0.5) is 0 Å². The first kappa shape index (κ1) is 16.5. The van der Waals surface area contributed by atoms with Crippen molar-refractivity contribution in [3.8, 4) is 0 Å². The first-order chi connectivity index (χ1) is 9.79. The molecule has 0 bridgehead atoms. The van der Waals surface area contributed by atoms with Gasteiger partial charge in [-0.25, -0.2) is 13.6 Å². The van der Waals surface area contributed by atoms with E-state index in [1.165, 1.54) is 25.0 Å². The van der Waals surface area contributed by atoms with Crippen LogP contribution in [0.3, 0.4) is 0 Å². The summed E-state index contributed by atoms with van der Waals surface area (Å²) in [5, 5.41) is 8.03. The molecule has 1 aromatic rings. The Bertz CT molecular complexity index is 652. The second kappa shape index (κ2) is 6.46. The predicted molar refractivity (Wildman–Crippen MR) is 84.5 cm³/mol. The summed E-state index contributed by atoms with van der Waals surface area (Å²) >= 11 is 3.28. The second-order valence-corrected chi connectivity index (χ2v) is 7.90. The summed E-state index contributed by atoms with van der Waals surface area (Å²) in [5.74, 6) is 0.268. The van der Waals surface area contributed by atoms with Crippen molar-refractivity contribution in [3.05, 3.63) is 27.7 Å². The molecule has 7 heteroatoms. The molecule has 0 spiro atoms. The Hall–Kier alpha value is -0.920. The molecule has 1 aromatic carbocycles. The molecule has 1 aliphatic carbocycles. The van der Waals surface area contributed by atoms with Gasteiger partial charge in [-0.15, -0.1) is 0 Å². The van der Waals surface area contributed by atoms with E-state index < -0.39 is 10.0 Å². The van der Waals surface area contributed by atoms with Gasteiger partial charge in [0.25, 0.3) is 5.91 Å². The van der Waals surface area contributed by atoms with Gasteiger partial charge >= 0.3 is 0 Å². The number of carbonyl (C=O) groups is 1. The number of nitrogens with one attached hydrogen (secondary N) is 1. The smallest absolute Gasteiger partial charge is 0.251 e. The minimum absolute atomic E-state index is 0.0639. The van der Waals surface area contributed by atoms with Crippen molar-refractivity contribution < 1.29 is 13.2 Å². The molecule has 116 valence electrons. The maximum atomic E-state index is 12.3. The Kier molecular flexibility index (Phi) is 5.06. The van der Waals surface area contributed by atoms with Crippen LogP contribution < -0.4 is 10.5 Å². The quantitative estimate of drug-likeness (QED) is 0.847. The molecule has 3 N–H and O–H groups in total. The van der Waals surface area contributed by atoms with Crippen LogP contribution in [-0.2, 0) is 10.0 Å². The molecule has 21 heavy (non-hydrogen) atoms. The third-order valence-electron chi connectivity index (χ3n) is 3.92. The molecule has 0 atom stereocenters. The highest BCUT2D eigenvalue weighted by Crippen LogP contribution is 2.26. The number of sulfonamides is 1. The average molecular weight is 375 g/mol. The van der Waals surface area contributed by atoms with Gasteiger partial charge in [0.1, 0.15) is 0 Å². The molecule has 1 amide bonds. The van der Waals surface area contributed by atoms with Crippen molar-refractivity contribution in [3.63, 3.8) is 0 Å². The zero-order valence-corrected chi connectivity index (χ0v) is 14.3. The maximum Gasteiger partial charge on any atom is 0.251 e. The third-order valence-corrected chi connectivity index (χ3v) is 5.63. The minimum Gasteiger partial charge on any atom is -0.352 e. The summed E-state index contributed by atoms with van der Waals surface area (Å²) in [6.45, 7) is 2.40. The number of benzene rings is 1. The van der Waals surface area contributed by atoms with Gasteiger partial charge in [-0.2, -0.15) is 0 Å². The van der Waals surface area contributed by atoms with Crippen LogP contribution in [0.15, 0.2) is 21.5 Å². The molecule has 1 saturated carbocycles. The van der Waals surface area contributed by atoms with Crippen molar-refractivity contribution in [2.75, 3.05) is 6.54 Å². The summed E-state index contributed by atoms with van der Waals surface area (Å²) in [6.07, 6.45) is 4.71. The molecule has 0 radical (unpaired) electrons. The van der Waals surface area contributed by atoms with Gasteiger partial charge in [0, 0.05) is 16.6 Å². The van der Waals surface area contributed by atoms with Crippen LogP contribution in [0, 0.1) is 12.8 Å². The summed E-state index contributed by atoms with van der Waals surface area (Å²) in [6, 6.07) is 2.75. The number of primary sulfonamides is 1. The zero-order chi connectivity index (χ0) is 15.6. The monoisotopic (exact) mass is 374 g/mol. The highest BCUT2D eigenvalue weighted by atomic mass is 79.9. The molecule has 1 fully saturated rings. The molecule has 0 unspecified atom stereocenters. The zero-order valence-electron chi connectivity index (χ0n) is 11.9. The Morgan fingerprint density at radius 3 is 2.57 bits per heavy atom. The van der Waals surface area contributed by atoms with Crippen molar-refractivity contribution in [2.24, 2.45) is 11.1 Å². The second-order valence-electron chi connectivity index (χ2n) is 5.48. The summed E-state index contributed by atoms with van der Waals surface area (Å²) in [5.41, 5.74) is 1.04. The fraction of sp³-hybridized carbons (Fsp3) is 0.500. The van der Waals surface area contributed by atoms with Crippen molar-refractivity contribution in [1.82, 2.24) is 5.32 Å². The lowest BCUT2D eigenvalue weighted by atomic mass is 10.1. The molecule has 2 rings (SSSR count). The van der Waals surface area contributed by atoms with E-state index in [1.807, 2.05) is 0 Å². The lowest BCUT2D eigenvalue weighted by Gasteiger charge is -2.13. The van der Waals surface area contributed by atoms with E-state index in [4.69, 9.17) is 5.14 Å². The van der Waals surface area contributed by atoms with Crippen LogP contribution in [0.1, 0.15) is 41.6 Å². The Labute approximate surface area is 133 Å². The lowest BCUT2D eigenvalue weighted by molar-refractivity contribution is 0.0946. The molecular weight excluding hydrogens is 356 g/mol. The van der Waals surface area contributed by atoms with Gasteiger partial charge in [-0.1, -0.05) is 28.8 Å². The molecule has 0 aliphatic heterocycles. The van der Waals surface area contributed by atoms with E-state index in [-0.39, 0.29) is 10.8 Å². The van der Waals surface area contributed by atoms with Crippen LogP contribution in [0.2, 0.25) is 0 Å². The van der Waals surface area contributed by atoms with E-state index in [0.717, 1.165) is 12.8 Å². The highest BCUT2D eigenvalue weighted by Gasteiger charge is 2.20. The predicted octanol–water partition coefficient (Wildman–Crippen LogP) is 2.32. The lowest BCUT2D eigenvalue weighted by Crippen LogP contribution is -2.29. The Morgan fingerprint density at radius 2 is 2.00 bits per heavy atom. The molecular formula is C14H19BrN2O3S. The summed E-state index contributed by atoms with van der Waals surface area (Å²) < 4.78 is 23.5. The van der Waals surface area contributed by atoms with Crippen LogP contribution in [-0.4, -0.2) is 20.9 Å². The molecule has 5 nitrogen and oxygen atoms in total. The number of halogens is 1. The van der Waals surface area contributed by atoms with Gasteiger partial charge in [0.2, 0.25) is 10.0 Å². The van der Waals surface area contributed by atoms with Gasteiger partial charge in [0.05, 0.1) is 4.90 Å². The van der Waals surface area contributed by atoms with E-state index in [2.05, 4.69) is 21.2 Å². The van der Waals surface area contributed by atoms with E-state index >= 15 is 0 Å². The number of hydrogen-bond donors (Lipinski definition) is 2. The van der Waals surface area contributed by atoms with Crippen LogP contribution in [0.5, 0.6) is 0 Å². The summed E-state index contributed by atoms with van der Waals surface area (Å²) in [4.78, 5) is 12.2. The number of amides is 1. The fourth-order valence-electron chi connectivity index (χ4n) is 2.60. The average Bonchev–Trinajstić information content (AvgIpc) is 2.91. The molecule has 0 heterocycles. The van der Waals surface area contributed by atoms with Crippen molar-refractivity contribution in [1.29, 1.82) is 0 Å². The van der Waals surface area contributed by atoms with Crippen molar-refractivity contribution >= 4 is 31.9 Å². The first-order valence-electron chi connectivity index (χ1n) is 6.90. The maximum absolute atomic E-state index is 12.3. The summed E-state index contributed by atoms with van der Waals surface area (Å²) in [7, 11) is -3.84. The van der Waals surface area contributed by atoms with Gasteiger partial charge in [0.15, 0.2) is 0 Å². The van der Waals surface area contributed by atoms with Crippen LogP contribution in [0.25, 0.3) is 0 Å². The first-order valence-corrected chi connectivity index (χ1v) is 9.24. The third kappa shape index (κ3) is 4.05. The minimum atomic E-state index is -3.84. The molecule has 0 saturated heterocycles. The topological polar surface area (TPSA) is 89.3 Å². The molecule has 0 aromatic heterocycles. The van der Waals surface area contributed by atoms with Gasteiger partial charge < -0.3 is 5.32 Å². The number of nitrogens with two attached hydrogens (primary N) is 1. The number of rotatable bonds is 4. The van der Waals surface area contributed by atoms with E-state index in [9.17, 15) is 13.2 Å². The number of hydrogen-bond acceptors (Lipinski definition) is 3. The van der Waals surface area contributed by atoms with Crippen molar-refractivity contribution in [2.45, 2.75) is 37.5 Å². The Morgan fingerprint density at radius 1 is 1.38 bits per heavy atom. The standard InChI is InChI=1S/C14H19BrN2O3S/c1-9-12(6-11(7-13(9)15)21(16,19)20)14(18)17-8-10-4-2-3-5-10/h6-7,10H,2-5,8H2,1H3,(H,17,18)(H2,16,19,20). The Balaban J connectivity index is 2.21. The normalized spacial score (nSPS) is 16.1. The SMILES string of the molecule is Cc1c(Br)cc(S(N)(=O)=O)cc1C(=O)NCC1CCCC1. The van der Waals surface area contributed by atoms with Gasteiger partial charge in [-0.05, 0) is 43.4 Å². The fourth-order valence-corrected chi connectivity index (χ4v) is 3.78. The van der Waals surface area contributed by atoms with Crippen LogP contribution >= 0.6 is 15.9 Å². The highest BCUT2D eigenvalue weighted by molar-refractivity contribution is 9.10.